The van der Waals surface area contributed by atoms with Crippen LogP contribution in [0.4, 0.5) is 4.39 Å². The minimum atomic E-state index is -3.79. The zero-order chi connectivity index (χ0) is 22.0. The van der Waals surface area contributed by atoms with Crippen LogP contribution >= 0.6 is 11.6 Å². The Bertz CT molecular complexity index is 1340. The molecule has 2 aromatic heterocycles. The number of imidazole rings is 1. The number of ether oxygens (including phenoxy) is 1. The summed E-state index contributed by atoms with van der Waals surface area (Å²) in [4.78, 5) is 8.99. The van der Waals surface area contributed by atoms with Crippen molar-refractivity contribution >= 4 is 32.8 Å². The number of benzene rings is 2. The normalized spacial score (nSPS) is 11.7. The summed E-state index contributed by atoms with van der Waals surface area (Å²) in [7, 11) is -2.34. The van der Waals surface area contributed by atoms with E-state index >= 15 is 0 Å². The monoisotopic (exact) mass is 460 g/mol. The highest BCUT2D eigenvalue weighted by Gasteiger charge is 2.18. The van der Waals surface area contributed by atoms with Gasteiger partial charge in [0, 0.05) is 24.8 Å². The van der Waals surface area contributed by atoms with Crippen molar-refractivity contribution in [1.82, 2.24) is 19.3 Å². The number of sulfonamides is 1. The Morgan fingerprint density at radius 2 is 1.94 bits per heavy atom. The van der Waals surface area contributed by atoms with E-state index in [-0.39, 0.29) is 28.8 Å². The Balaban J connectivity index is 1.59. The fourth-order valence-electron chi connectivity index (χ4n) is 3.18. The van der Waals surface area contributed by atoms with Gasteiger partial charge >= 0.3 is 0 Å². The van der Waals surface area contributed by atoms with Gasteiger partial charge in [-0.2, -0.15) is 0 Å². The molecule has 160 valence electrons. The third kappa shape index (κ3) is 4.39. The molecule has 2 aromatic carbocycles. The smallest absolute Gasteiger partial charge is 0.240 e. The number of pyridine rings is 1. The van der Waals surface area contributed by atoms with Crippen LogP contribution in [-0.4, -0.2) is 36.6 Å². The maximum absolute atomic E-state index is 13.3. The first kappa shape index (κ1) is 21.2. The lowest BCUT2D eigenvalue weighted by atomic mass is 10.2. The van der Waals surface area contributed by atoms with Crippen LogP contribution in [0.5, 0.6) is 5.75 Å². The van der Waals surface area contributed by atoms with Gasteiger partial charge in [0.05, 0.1) is 17.0 Å². The average molecular weight is 461 g/mol. The molecule has 0 aliphatic carbocycles. The summed E-state index contributed by atoms with van der Waals surface area (Å²) in [5.41, 5.74) is 1.96. The lowest BCUT2D eigenvalue weighted by molar-refractivity contribution is 0.414. The number of hydrogen-bond acceptors (Lipinski definition) is 5. The largest absolute Gasteiger partial charge is 0.495 e. The van der Waals surface area contributed by atoms with Crippen LogP contribution in [0.25, 0.3) is 22.6 Å². The van der Waals surface area contributed by atoms with Crippen molar-refractivity contribution in [2.45, 2.75) is 11.4 Å². The molecule has 0 radical (unpaired) electrons. The van der Waals surface area contributed by atoms with Crippen LogP contribution in [0.3, 0.4) is 0 Å². The number of fused-ring (bicyclic) bond motifs is 1. The van der Waals surface area contributed by atoms with E-state index in [4.69, 9.17) is 16.3 Å². The summed E-state index contributed by atoms with van der Waals surface area (Å²) in [6.07, 6.45) is 1.64. The van der Waals surface area contributed by atoms with Gasteiger partial charge < -0.3 is 9.30 Å². The number of aromatic nitrogens is 3. The van der Waals surface area contributed by atoms with Gasteiger partial charge in [0.1, 0.15) is 22.9 Å². The molecule has 4 aromatic rings. The van der Waals surface area contributed by atoms with E-state index < -0.39 is 10.0 Å². The van der Waals surface area contributed by atoms with Crippen LogP contribution in [0.2, 0.25) is 5.02 Å². The van der Waals surface area contributed by atoms with Gasteiger partial charge in [-0.05, 0) is 54.6 Å². The molecule has 4 rings (SSSR count). The zero-order valence-electron chi connectivity index (χ0n) is 16.4. The van der Waals surface area contributed by atoms with Gasteiger partial charge in [-0.15, -0.1) is 0 Å². The Morgan fingerprint density at radius 3 is 2.65 bits per heavy atom. The number of halogens is 2. The van der Waals surface area contributed by atoms with Gasteiger partial charge in [-0.3, -0.25) is 0 Å². The van der Waals surface area contributed by atoms with Crippen molar-refractivity contribution in [3.8, 4) is 17.1 Å². The van der Waals surface area contributed by atoms with Gasteiger partial charge in [-0.25, -0.2) is 27.5 Å². The molecule has 2 heterocycles. The molecular formula is C21H18ClFN4O3S. The minimum absolute atomic E-state index is 0.0330. The molecule has 10 heteroatoms. The number of methoxy groups -OCH3 is 1. The molecule has 0 aliphatic rings. The summed E-state index contributed by atoms with van der Waals surface area (Å²) in [6.45, 7) is 0.353. The Labute approximate surface area is 183 Å². The number of nitrogens with zero attached hydrogens (tertiary/aromatic N) is 3. The number of nitrogens with one attached hydrogen (secondary N) is 1. The van der Waals surface area contributed by atoms with Gasteiger partial charge in [0.15, 0.2) is 5.65 Å². The summed E-state index contributed by atoms with van der Waals surface area (Å²) in [6, 6.07) is 13.8. The topological polar surface area (TPSA) is 86.1 Å². The van der Waals surface area contributed by atoms with Crippen molar-refractivity contribution in [3.05, 3.63) is 71.6 Å². The highest BCUT2D eigenvalue weighted by Crippen LogP contribution is 2.27. The predicted molar refractivity (Wildman–Crippen MR) is 116 cm³/mol. The minimum Gasteiger partial charge on any atom is -0.495 e. The summed E-state index contributed by atoms with van der Waals surface area (Å²) in [5.74, 6) is 0.608. The van der Waals surface area contributed by atoms with Crippen LogP contribution in [-0.2, 0) is 16.6 Å². The third-order valence-corrected chi connectivity index (χ3v) is 6.42. The molecule has 0 saturated heterocycles. The Morgan fingerprint density at radius 1 is 1.16 bits per heavy atom. The van der Waals surface area contributed by atoms with Crippen LogP contribution in [0.1, 0.15) is 0 Å². The van der Waals surface area contributed by atoms with Crippen molar-refractivity contribution < 1.29 is 17.5 Å². The van der Waals surface area contributed by atoms with Gasteiger partial charge in [0.2, 0.25) is 10.0 Å². The van der Waals surface area contributed by atoms with Crippen LogP contribution in [0, 0.1) is 5.82 Å². The van der Waals surface area contributed by atoms with E-state index in [1.54, 1.807) is 29.0 Å². The van der Waals surface area contributed by atoms with E-state index in [2.05, 4.69) is 14.7 Å². The van der Waals surface area contributed by atoms with Crippen molar-refractivity contribution in [2.24, 2.45) is 0 Å². The standard InChI is InChI=1S/C21H18ClFN4O3S/c1-30-19-9-8-16(13-17(19)22)31(28,29)25-11-12-27-20(14-4-6-15(23)7-5-14)26-18-3-2-10-24-21(18)27/h2-10,13,25H,11-12H2,1H3. The molecule has 31 heavy (non-hydrogen) atoms. The van der Waals surface area contributed by atoms with E-state index in [0.29, 0.717) is 28.3 Å². The van der Waals surface area contributed by atoms with E-state index in [0.717, 1.165) is 0 Å². The average Bonchev–Trinajstić information content (AvgIpc) is 3.13. The Hall–Kier alpha value is -3.01. The predicted octanol–water partition coefficient (Wildman–Crippen LogP) is 3.88. The second-order valence-electron chi connectivity index (χ2n) is 6.63. The molecule has 1 N–H and O–H groups in total. The van der Waals surface area contributed by atoms with Gasteiger partial charge in [0.25, 0.3) is 0 Å². The molecule has 0 saturated carbocycles. The highest BCUT2D eigenvalue weighted by molar-refractivity contribution is 7.89. The summed E-state index contributed by atoms with van der Waals surface area (Å²) < 4.78 is 48.1. The van der Waals surface area contributed by atoms with E-state index in [9.17, 15) is 12.8 Å². The molecule has 0 amide bonds. The molecule has 0 aliphatic heterocycles. The second-order valence-corrected chi connectivity index (χ2v) is 8.81. The second kappa shape index (κ2) is 8.62. The number of hydrogen-bond donors (Lipinski definition) is 1. The maximum Gasteiger partial charge on any atom is 0.240 e. The first-order chi connectivity index (χ1) is 14.9. The fourth-order valence-corrected chi connectivity index (χ4v) is 4.55. The fraction of sp³-hybridized carbons (Fsp3) is 0.143. The van der Waals surface area contributed by atoms with Crippen molar-refractivity contribution in [3.63, 3.8) is 0 Å². The molecule has 0 fully saturated rings. The van der Waals surface area contributed by atoms with Crippen LogP contribution < -0.4 is 9.46 Å². The molecule has 0 atom stereocenters. The lowest BCUT2D eigenvalue weighted by Gasteiger charge is -2.11. The number of rotatable bonds is 7. The summed E-state index contributed by atoms with van der Waals surface area (Å²) in [5, 5.41) is 0.203. The summed E-state index contributed by atoms with van der Waals surface area (Å²) >= 11 is 6.05. The molecular weight excluding hydrogens is 443 g/mol. The lowest BCUT2D eigenvalue weighted by Crippen LogP contribution is -2.27. The molecule has 0 spiro atoms. The van der Waals surface area contributed by atoms with Gasteiger partial charge in [-0.1, -0.05) is 11.6 Å². The van der Waals surface area contributed by atoms with Crippen LogP contribution in [0.15, 0.2) is 65.7 Å². The first-order valence-electron chi connectivity index (χ1n) is 9.29. The van der Waals surface area contributed by atoms with E-state index in [1.165, 1.54) is 37.4 Å². The van der Waals surface area contributed by atoms with Crippen molar-refractivity contribution in [1.29, 1.82) is 0 Å². The zero-order valence-corrected chi connectivity index (χ0v) is 18.0. The van der Waals surface area contributed by atoms with E-state index in [1.807, 2.05) is 6.07 Å². The quantitative estimate of drug-likeness (QED) is 0.452. The van der Waals surface area contributed by atoms with Crippen molar-refractivity contribution in [2.75, 3.05) is 13.7 Å². The molecule has 0 unspecified atom stereocenters. The SMILES string of the molecule is COc1ccc(S(=O)(=O)NCCn2c(-c3ccc(F)cc3)nc3cccnc32)cc1Cl. The molecule has 0 bridgehead atoms. The molecule has 7 nitrogen and oxygen atoms in total. The highest BCUT2D eigenvalue weighted by atomic mass is 35.5. The Kier molecular flexibility index (Phi) is 5.90. The third-order valence-electron chi connectivity index (χ3n) is 4.67. The first-order valence-corrected chi connectivity index (χ1v) is 11.2. The maximum atomic E-state index is 13.3.